The number of hydrogen-bond acceptors (Lipinski definition) is 5. The molecule has 158 valence electrons. The maximum Gasteiger partial charge on any atom is 0.278 e. The summed E-state index contributed by atoms with van der Waals surface area (Å²) in [4.78, 5) is 38.3. The van der Waals surface area contributed by atoms with E-state index in [4.69, 9.17) is 0 Å². The van der Waals surface area contributed by atoms with E-state index in [9.17, 15) is 9.59 Å². The van der Waals surface area contributed by atoms with Crippen molar-refractivity contribution >= 4 is 17.5 Å². The number of rotatable bonds is 3. The van der Waals surface area contributed by atoms with Crippen LogP contribution in [0.3, 0.4) is 0 Å². The van der Waals surface area contributed by atoms with E-state index in [1.807, 2.05) is 30.0 Å². The van der Waals surface area contributed by atoms with Crippen LogP contribution in [0.2, 0.25) is 0 Å². The molecule has 1 atom stereocenters. The Morgan fingerprint density at radius 2 is 1.90 bits per heavy atom. The molecule has 4 heterocycles. The molecular formula is C23H24N6O2. The first-order chi connectivity index (χ1) is 15.1. The molecule has 0 bridgehead atoms. The Kier molecular flexibility index (Phi) is 4.97. The number of fused-ring (bicyclic) bond motifs is 1. The number of likely N-dealkylation sites (tertiary alicyclic amines) is 1. The molecule has 1 N–H and O–H groups in total. The van der Waals surface area contributed by atoms with E-state index in [1.165, 1.54) is 11.8 Å². The van der Waals surface area contributed by atoms with Crippen LogP contribution in [-0.2, 0) is 6.42 Å². The maximum atomic E-state index is 13.1. The monoisotopic (exact) mass is 416 g/mol. The van der Waals surface area contributed by atoms with Crippen LogP contribution in [0, 0.1) is 6.92 Å². The maximum absolute atomic E-state index is 13.1. The van der Waals surface area contributed by atoms with Crippen molar-refractivity contribution in [3.63, 3.8) is 0 Å². The molecule has 1 fully saturated rings. The number of hydrogen-bond donors (Lipinski definition) is 1. The molecule has 2 aliphatic heterocycles. The smallest absolute Gasteiger partial charge is 0.278 e. The van der Waals surface area contributed by atoms with Gasteiger partial charge in [-0.15, -0.1) is 0 Å². The second-order valence-corrected chi connectivity index (χ2v) is 8.10. The summed E-state index contributed by atoms with van der Waals surface area (Å²) >= 11 is 0. The highest BCUT2D eigenvalue weighted by Crippen LogP contribution is 2.32. The number of H-pyrrole nitrogens is 1. The van der Waals surface area contributed by atoms with Gasteiger partial charge in [0.25, 0.3) is 11.8 Å². The van der Waals surface area contributed by atoms with Gasteiger partial charge in [-0.2, -0.15) is 5.10 Å². The van der Waals surface area contributed by atoms with Crippen LogP contribution < -0.4 is 4.90 Å². The minimum absolute atomic E-state index is 0.120. The Bertz CT molecular complexity index is 1120. The summed E-state index contributed by atoms with van der Waals surface area (Å²) in [7, 11) is 0. The normalized spacial score (nSPS) is 18.2. The topological polar surface area (TPSA) is 95.1 Å². The number of anilines is 1. The number of carbonyl (C=O) groups is 2. The van der Waals surface area contributed by atoms with Gasteiger partial charge in [0.1, 0.15) is 5.69 Å². The van der Waals surface area contributed by atoms with E-state index in [-0.39, 0.29) is 17.9 Å². The first kappa shape index (κ1) is 19.4. The molecule has 0 radical (unpaired) electrons. The van der Waals surface area contributed by atoms with E-state index in [2.05, 4.69) is 26.2 Å². The van der Waals surface area contributed by atoms with Crippen LogP contribution >= 0.6 is 0 Å². The minimum Gasteiger partial charge on any atom is -0.329 e. The van der Waals surface area contributed by atoms with E-state index in [0.717, 1.165) is 42.8 Å². The van der Waals surface area contributed by atoms with Gasteiger partial charge in [-0.1, -0.05) is 18.2 Å². The van der Waals surface area contributed by atoms with Gasteiger partial charge in [0, 0.05) is 25.0 Å². The SMILES string of the molecule is Cc1cnc(C(=O)N2CCCCC2c2cc(C(=O)N3CCc4ccccc43)n[nH]2)cn1. The largest absolute Gasteiger partial charge is 0.329 e. The third-order valence-electron chi connectivity index (χ3n) is 6.07. The Hall–Kier alpha value is -3.55. The van der Waals surface area contributed by atoms with Gasteiger partial charge in [-0.05, 0) is 50.3 Å². The van der Waals surface area contributed by atoms with Gasteiger partial charge in [-0.25, -0.2) is 4.98 Å². The summed E-state index contributed by atoms with van der Waals surface area (Å²) in [5.41, 5.74) is 4.39. The zero-order valence-corrected chi connectivity index (χ0v) is 17.4. The Morgan fingerprint density at radius 1 is 1.03 bits per heavy atom. The van der Waals surface area contributed by atoms with Gasteiger partial charge in [0.2, 0.25) is 0 Å². The number of nitrogens with one attached hydrogen (secondary N) is 1. The summed E-state index contributed by atoms with van der Waals surface area (Å²) in [5, 5.41) is 7.33. The Morgan fingerprint density at radius 3 is 2.74 bits per heavy atom. The van der Waals surface area contributed by atoms with Crippen molar-refractivity contribution in [1.29, 1.82) is 0 Å². The summed E-state index contributed by atoms with van der Waals surface area (Å²) in [5.74, 6) is -0.265. The van der Waals surface area contributed by atoms with Crippen LogP contribution in [-0.4, -0.2) is 50.0 Å². The highest BCUT2D eigenvalue weighted by Gasteiger charge is 2.32. The molecule has 8 nitrogen and oxygen atoms in total. The number of carbonyl (C=O) groups excluding carboxylic acids is 2. The first-order valence-electron chi connectivity index (χ1n) is 10.7. The van der Waals surface area contributed by atoms with Crippen molar-refractivity contribution in [1.82, 2.24) is 25.1 Å². The quantitative estimate of drug-likeness (QED) is 0.708. The van der Waals surface area contributed by atoms with Gasteiger partial charge in [-0.3, -0.25) is 19.7 Å². The summed E-state index contributed by atoms with van der Waals surface area (Å²) in [6.07, 6.45) is 6.74. The number of para-hydroxylation sites is 1. The van der Waals surface area contributed by atoms with Crippen LogP contribution in [0.25, 0.3) is 0 Å². The van der Waals surface area contributed by atoms with Gasteiger partial charge in [0.15, 0.2) is 5.69 Å². The molecule has 0 saturated carbocycles. The lowest BCUT2D eigenvalue weighted by Crippen LogP contribution is -2.39. The van der Waals surface area contributed by atoms with Crippen molar-refractivity contribution < 1.29 is 9.59 Å². The van der Waals surface area contributed by atoms with Crippen LogP contribution in [0.1, 0.15) is 63.2 Å². The third kappa shape index (κ3) is 3.58. The molecule has 1 saturated heterocycles. The van der Waals surface area contributed by atoms with Gasteiger partial charge in [0.05, 0.1) is 23.6 Å². The molecule has 31 heavy (non-hydrogen) atoms. The van der Waals surface area contributed by atoms with E-state index >= 15 is 0 Å². The predicted octanol–water partition coefficient (Wildman–Crippen LogP) is 3.08. The van der Waals surface area contributed by atoms with Crippen molar-refractivity contribution in [3.05, 3.63) is 71.1 Å². The number of aromatic amines is 1. The molecular weight excluding hydrogens is 392 g/mol. The average molecular weight is 416 g/mol. The third-order valence-corrected chi connectivity index (χ3v) is 6.07. The van der Waals surface area contributed by atoms with Gasteiger partial charge < -0.3 is 9.80 Å². The van der Waals surface area contributed by atoms with Crippen molar-refractivity contribution in [2.45, 2.75) is 38.6 Å². The van der Waals surface area contributed by atoms with Crippen molar-refractivity contribution in [2.24, 2.45) is 0 Å². The minimum atomic E-state index is -0.163. The summed E-state index contributed by atoms with van der Waals surface area (Å²) in [6, 6.07) is 9.59. The predicted molar refractivity (Wildman–Crippen MR) is 115 cm³/mol. The molecule has 2 aliphatic rings. The van der Waals surface area contributed by atoms with Gasteiger partial charge >= 0.3 is 0 Å². The van der Waals surface area contributed by atoms with Crippen LogP contribution in [0.5, 0.6) is 0 Å². The van der Waals surface area contributed by atoms with E-state index in [0.29, 0.717) is 24.5 Å². The molecule has 0 aliphatic carbocycles. The molecule has 1 aromatic carbocycles. The Labute approximate surface area is 180 Å². The van der Waals surface area contributed by atoms with Crippen LogP contribution in [0.4, 0.5) is 5.69 Å². The van der Waals surface area contributed by atoms with Crippen molar-refractivity contribution in [2.75, 3.05) is 18.0 Å². The molecule has 2 amide bonds. The van der Waals surface area contributed by atoms with Crippen LogP contribution in [0.15, 0.2) is 42.7 Å². The molecule has 2 aromatic heterocycles. The van der Waals surface area contributed by atoms with Crippen molar-refractivity contribution in [3.8, 4) is 0 Å². The molecule has 3 aromatic rings. The summed E-state index contributed by atoms with van der Waals surface area (Å²) in [6.45, 7) is 3.13. The molecule has 1 unspecified atom stereocenters. The zero-order valence-electron chi connectivity index (χ0n) is 17.4. The summed E-state index contributed by atoms with van der Waals surface area (Å²) < 4.78 is 0. The highest BCUT2D eigenvalue weighted by atomic mass is 16.2. The molecule has 0 spiro atoms. The fourth-order valence-corrected chi connectivity index (χ4v) is 4.45. The first-order valence-corrected chi connectivity index (χ1v) is 10.7. The zero-order chi connectivity index (χ0) is 21.4. The lowest BCUT2D eigenvalue weighted by molar-refractivity contribution is 0.0599. The fraction of sp³-hybridized carbons (Fsp3) is 0.348. The number of piperidine rings is 1. The van der Waals surface area contributed by atoms with E-state index in [1.54, 1.807) is 17.2 Å². The number of nitrogens with zero attached hydrogens (tertiary/aromatic N) is 5. The lowest BCUT2D eigenvalue weighted by Gasteiger charge is -2.34. The average Bonchev–Trinajstić information content (AvgIpc) is 3.46. The number of benzene rings is 1. The number of aromatic nitrogens is 4. The van der Waals surface area contributed by atoms with E-state index < -0.39 is 0 Å². The lowest BCUT2D eigenvalue weighted by atomic mass is 9.98. The standard InChI is InChI=1S/C23H24N6O2/c1-15-13-25-19(14-24-15)23(31)28-10-5-4-8-21(28)17-12-18(27-26-17)22(30)29-11-9-16-6-2-3-7-20(16)29/h2-3,6-7,12-14,21H,4-5,8-11H2,1H3,(H,26,27). The fourth-order valence-electron chi connectivity index (χ4n) is 4.45. The number of aryl methyl sites for hydroxylation is 1. The molecule has 8 heteroatoms. The molecule has 5 rings (SSSR count). The number of amides is 2. The Balaban J connectivity index is 1.38. The highest BCUT2D eigenvalue weighted by molar-refractivity contribution is 6.06. The second kappa shape index (κ2) is 7.94. The second-order valence-electron chi connectivity index (χ2n) is 8.10.